The lowest BCUT2D eigenvalue weighted by molar-refractivity contribution is -0.153. The topological polar surface area (TPSA) is 78.4 Å². The van der Waals surface area contributed by atoms with Gasteiger partial charge in [-0.25, -0.2) is 4.98 Å². The first-order valence-corrected chi connectivity index (χ1v) is 12.4. The predicted molar refractivity (Wildman–Crippen MR) is 138 cm³/mol. The Bertz CT molecular complexity index is 1180. The van der Waals surface area contributed by atoms with E-state index in [9.17, 15) is 9.90 Å². The molecule has 2 N–H and O–H groups in total. The number of benzene rings is 1. The van der Waals surface area contributed by atoms with Gasteiger partial charge in [0.1, 0.15) is 6.04 Å². The highest BCUT2D eigenvalue weighted by Gasteiger charge is 2.50. The first-order valence-electron chi connectivity index (χ1n) is 11.2. The Morgan fingerprint density at radius 3 is 2.65 bits per heavy atom. The van der Waals surface area contributed by atoms with Crippen molar-refractivity contribution in [2.75, 3.05) is 18.4 Å². The molecule has 0 unspecified atom stereocenters. The van der Waals surface area contributed by atoms with Crippen molar-refractivity contribution in [1.82, 2.24) is 14.9 Å². The summed E-state index contributed by atoms with van der Waals surface area (Å²) in [6.45, 7) is 10.7. The third-order valence-electron chi connectivity index (χ3n) is 6.55. The second kappa shape index (κ2) is 9.49. The highest BCUT2D eigenvalue weighted by molar-refractivity contribution is 7.14. The van der Waals surface area contributed by atoms with Crippen LogP contribution in [0.2, 0.25) is 5.02 Å². The molecule has 0 radical (unpaired) electrons. The number of pyridine rings is 1. The van der Waals surface area contributed by atoms with Crippen LogP contribution in [-0.2, 0) is 10.4 Å². The molecule has 0 bridgehead atoms. The number of thiazole rings is 1. The van der Waals surface area contributed by atoms with Gasteiger partial charge in [-0.05, 0) is 48.7 Å². The van der Waals surface area contributed by atoms with E-state index in [1.165, 1.54) is 11.3 Å². The second-order valence-corrected chi connectivity index (χ2v) is 10.8. The standard InChI is InChI=1S/C26H29ClN4O2S/c1-17(2)22(30-24-29-21(15-34-24)18-6-5-12-28-14-18)23(32)31-13-11-26(33,25(3,4)16-31)19-7-9-20(27)10-8-19/h5-10,12,14-15,22,33H,1,11,13,16H2,2-4H3,(H,29,30)/t22-,26+/m1/s1. The van der Waals surface area contributed by atoms with Crippen LogP contribution in [-0.4, -0.2) is 45.0 Å². The molecule has 0 spiro atoms. The maximum Gasteiger partial charge on any atom is 0.249 e. The van der Waals surface area contributed by atoms with E-state index in [4.69, 9.17) is 11.6 Å². The van der Waals surface area contributed by atoms with Crippen molar-refractivity contribution in [2.45, 2.75) is 38.8 Å². The number of aromatic nitrogens is 2. The molecule has 1 saturated heterocycles. The van der Waals surface area contributed by atoms with E-state index < -0.39 is 17.1 Å². The number of carbonyl (C=O) groups excluding carboxylic acids is 1. The molecule has 1 aromatic carbocycles. The van der Waals surface area contributed by atoms with Gasteiger partial charge in [0.15, 0.2) is 5.13 Å². The largest absolute Gasteiger partial charge is 0.384 e. The summed E-state index contributed by atoms with van der Waals surface area (Å²) in [5, 5.41) is 18.1. The lowest BCUT2D eigenvalue weighted by Gasteiger charge is -2.51. The monoisotopic (exact) mass is 496 g/mol. The van der Waals surface area contributed by atoms with Crippen molar-refractivity contribution >= 4 is 34.0 Å². The first kappa shape index (κ1) is 24.4. The minimum atomic E-state index is -1.06. The zero-order chi connectivity index (χ0) is 24.5. The van der Waals surface area contributed by atoms with Crippen molar-refractivity contribution in [1.29, 1.82) is 0 Å². The van der Waals surface area contributed by atoms with E-state index in [0.717, 1.165) is 16.8 Å². The number of anilines is 1. The molecule has 1 aliphatic heterocycles. The van der Waals surface area contributed by atoms with Crippen molar-refractivity contribution in [3.05, 3.63) is 76.9 Å². The van der Waals surface area contributed by atoms with E-state index >= 15 is 0 Å². The third kappa shape index (κ3) is 4.73. The molecular weight excluding hydrogens is 468 g/mol. The SMILES string of the molecule is C=C(C)[C@@H](Nc1nc(-c2cccnc2)cs1)C(=O)N1CC[C@](O)(c2ccc(Cl)cc2)C(C)(C)C1. The molecule has 34 heavy (non-hydrogen) atoms. The van der Waals surface area contributed by atoms with Gasteiger partial charge < -0.3 is 15.3 Å². The quantitative estimate of drug-likeness (QED) is 0.449. The normalized spacial score (nSPS) is 20.6. The van der Waals surface area contributed by atoms with Gasteiger partial charge in [-0.15, -0.1) is 11.3 Å². The lowest BCUT2D eigenvalue weighted by Crippen LogP contribution is -2.58. The zero-order valence-corrected chi connectivity index (χ0v) is 21.2. The van der Waals surface area contributed by atoms with Crippen LogP contribution >= 0.6 is 22.9 Å². The average Bonchev–Trinajstić information content (AvgIpc) is 3.28. The molecule has 2 aromatic heterocycles. The molecule has 1 aliphatic rings. The van der Waals surface area contributed by atoms with Crippen LogP contribution in [0.5, 0.6) is 0 Å². The number of amides is 1. The molecule has 6 nitrogen and oxygen atoms in total. The fourth-order valence-electron chi connectivity index (χ4n) is 4.46. The van der Waals surface area contributed by atoms with Gasteiger partial charge in [-0.1, -0.05) is 44.2 Å². The van der Waals surface area contributed by atoms with Crippen LogP contribution in [0.4, 0.5) is 5.13 Å². The molecule has 178 valence electrons. The number of hydrogen-bond donors (Lipinski definition) is 2. The van der Waals surface area contributed by atoms with Crippen LogP contribution in [0.25, 0.3) is 11.3 Å². The number of nitrogens with zero attached hydrogens (tertiary/aromatic N) is 3. The Morgan fingerprint density at radius 1 is 1.29 bits per heavy atom. The number of hydrogen-bond acceptors (Lipinski definition) is 6. The Balaban J connectivity index is 1.50. The second-order valence-electron chi connectivity index (χ2n) is 9.46. The minimum Gasteiger partial charge on any atom is -0.384 e. The predicted octanol–water partition coefficient (Wildman–Crippen LogP) is 5.36. The number of carbonyl (C=O) groups is 1. The van der Waals surface area contributed by atoms with E-state index in [2.05, 4.69) is 21.9 Å². The van der Waals surface area contributed by atoms with Crippen LogP contribution in [0.1, 0.15) is 32.8 Å². The summed E-state index contributed by atoms with van der Waals surface area (Å²) in [4.78, 5) is 24.2. The molecule has 8 heteroatoms. The zero-order valence-electron chi connectivity index (χ0n) is 19.6. The number of piperidine rings is 1. The Labute approximate surface area is 209 Å². The average molecular weight is 497 g/mol. The molecule has 4 rings (SSSR count). The highest BCUT2D eigenvalue weighted by atomic mass is 35.5. The number of likely N-dealkylation sites (tertiary alicyclic amines) is 1. The van der Waals surface area contributed by atoms with Crippen molar-refractivity contribution in [3.8, 4) is 11.3 Å². The summed E-state index contributed by atoms with van der Waals surface area (Å²) in [6, 6.07) is 10.5. The van der Waals surface area contributed by atoms with Crippen LogP contribution < -0.4 is 5.32 Å². The van der Waals surface area contributed by atoms with Gasteiger partial charge in [0.2, 0.25) is 5.91 Å². The maximum atomic E-state index is 13.6. The Kier molecular flexibility index (Phi) is 6.80. The number of rotatable bonds is 6. The highest BCUT2D eigenvalue weighted by Crippen LogP contribution is 2.46. The Morgan fingerprint density at radius 2 is 2.03 bits per heavy atom. The summed E-state index contributed by atoms with van der Waals surface area (Å²) in [7, 11) is 0. The fourth-order valence-corrected chi connectivity index (χ4v) is 5.33. The van der Waals surface area contributed by atoms with Crippen LogP contribution in [0.15, 0.2) is 66.3 Å². The smallest absolute Gasteiger partial charge is 0.249 e. The van der Waals surface area contributed by atoms with Gasteiger partial charge in [0, 0.05) is 46.9 Å². The van der Waals surface area contributed by atoms with Crippen LogP contribution in [0.3, 0.4) is 0 Å². The van der Waals surface area contributed by atoms with Gasteiger partial charge in [0.05, 0.1) is 11.3 Å². The van der Waals surface area contributed by atoms with Gasteiger partial charge in [-0.3, -0.25) is 9.78 Å². The molecule has 0 aliphatic carbocycles. The summed E-state index contributed by atoms with van der Waals surface area (Å²) >= 11 is 7.48. The van der Waals surface area contributed by atoms with Gasteiger partial charge in [-0.2, -0.15) is 0 Å². The van der Waals surface area contributed by atoms with E-state index in [-0.39, 0.29) is 5.91 Å². The van der Waals surface area contributed by atoms with Crippen molar-refractivity contribution in [2.24, 2.45) is 5.41 Å². The summed E-state index contributed by atoms with van der Waals surface area (Å²) < 4.78 is 0. The van der Waals surface area contributed by atoms with E-state index in [1.807, 2.05) is 55.3 Å². The molecule has 3 heterocycles. The molecule has 0 saturated carbocycles. The number of aliphatic hydroxyl groups is 1. The van der Waals surface area contributed by atoms with E-state index in [0.29, 0.717) is 35.2 Å². The summed E-state index contributed by atoms with van der Waals surface area (Å²) in [6.07, 6.45) is 3.91. The molecular formula is C26H29ClN4O2S. The van der Waals surface area contributed by atoms with Crippen molar-refractivity contribution in [3.63, 3.8) is 0 Å². The van der Waals surface area contributed by atoms with Crippen molar-refractivity contribution < 1.29 is 9.90 Å². The third-order valence-corrected chi connectivity index (χ3v) is 7.58. The Hall–Kier alpha value is -2.74. The first-order chi connectivity index (χ1) is 16.1. The molecule has 3 aromatic rings. The summed E-state index contributed by atoms with van der Waals surface area (Å²) in [5.74, 6) is -0.0724. The summed E-state index contributed by atoms with van der Waals surface area (Å²) in [5.41, 5.74) is 1.62. The van der Waals surface area contributed by atoms with E-state index in [1.54, 1.807) is 24.5 Å². The molecule has 1 amide bonds. The number of halogens is 1. The minimum absolute atomic E-state index is 0.0724. The molecule has 2 atom stereocenters. The van der Waals surface area contributed by atoms with Gasteiger partial charge >= 0.3 is 0 Å². The lowest BCUT2D eigenvalue weighted by atomic mass is 9.66. The number of nitrogens with one attached hydrogen (secondary N) is 1. The maximum absolute atomic E-state index is 13.6. The van der Waals surface area contributed by atoms with Crippen LogP contribution in [0, 0.1) is 5.41 Å². The fraction of sp³-hybridized carbons (Fsp3) is 0.346. The van der Waals surface area contributed by atoms with Gasteiger partial charge in [0.25, 0.3) is 0 Å². The molecule has 1 fully saturated rings.